The molecule has 24 heavy (non-hydrogen) atoms. The van der Waals surface area contributed by atoms with Gasteiger partial charge in [-0.3, -0.25) is 4.79 Å². The summed E-state index contributed by atoms with van der Waals surface area (Å²) in [6.07, 6.45) is 2.48. The van der Waals surface area contributed by atoms with Crippen molar-refractivity contribution in [1.82, 2.24) is 4.90 Å². The van der Waals surface area contributed by atoms with Gasteiger partial charge < -0.3 is 20.1 Å². The van der Waals surface area contributed by atoms with Gasteiger partial charge in [0.1, 0.15) is 11.4 Å². The molecule has 1 atom stereocenters. The molecule has 1 aromatic rings. The molecule has 0 aliphatic carbocycles. The van der Waals surface area contributed by atoms with Gasteiger partial charge in [0.05, 0.1) is 5.69 Å². The van der Waals surface area contributed by atoms with E-state index in [4.69, 9.17) is 4.74 Å². The summed E-state index contributed by atoms with van der Waals surface area (Å²) in [6, 6.07) is 6.40. The summed E-state index contributed by atoms with van der Waals surface area (Å²) in [7, 11) is 0. The minimum Gasteiger partial charge on any atom is -0.506 e. The third kappa shape index (κ3) is 5.15. The zero-order chi connectivity index (χ0) is 17.7. The summed E-state index contributed by atoms with van der Waals surface area (Å²) in [5.74, 6) is -0.199. The van der Waals surface area contributed by atoms with Gasteiger partial charge in [0.2, 0.25) is 5.91 Å². The van der Waals surface area contributed by atoms with E-state index in [1.165, 1.54) is 6.07 Å². The average molecular weight is 334 g/mol. The van der Waals surface area contributed by atoms with Gasteiger partial charge in [0.15, 0.2) is 0 Å². The van der Waals surface area contributed by atoms with Crippen LogP contribution in [0.15, 0.2) is 24.3 Å². The summed E-state index contributed by atoms with van der Waals surface area (Å²) in [5.41, 5.74) is -0.181. The summed E-state index contributed by atoms with van der Waals surface area (Å²) in [5, 5.41) is 12.4. The van der Waals surface area contributed by atoms with Gasteiger partial charge in [-0.05, 0) is 52.2 Å². The molecular weight excluding hydrogens is 308 g/mol. The standard InChI is InChI=1S/C18H26N2O4/c1-18(2,3)24-17(23)20-11-7-6-8-13(20)12-16(22)19-14-9-4-5-10-15(14)21/h4-5,9-10,13,21H,6-8,11-12H2,1-3H3,(H,19,22). The first kappa shape index (κ1) is 18.1. The number of hydrogen-bond acceptors (Lipinski definition) is 4. The second-order valence-electron chi connectivity index (χ2n) is 7.09. The number of carbonyl (C=O) groups excluding carboxylic acids is 2. The molecule has 0 saturated carbocycles. The quantitative estimate of drug-likeness (QED) is 0.829. The van der Waals surface area contributed by atoms with Crippen molar-refractivity contribution >= 4 is 17.7 Å². The van der Waals surface area contributed by atoms with Crippen LogP contribution in [-0.2, 0) is 9.53 Å². The second-order valence-corrected chi connectivity index (χ2v) is 7.09. The number of aromatic hydroxyl groups is 1. The lowest BCUT2D eigenvalue weighted by Gasteiger charge is -2.36. The van der Waals surface area contributed by atoms with E-state index in [1.807, 2.05) is 20.8 Å². The van der Waals surface area contributed by atoms with Crippen LogP contribution in [0.5, 0.6) is 5.75 Å². The molecule has 6 heteroatoms. The van der Waals surface area contributed by atoms with Gasteiger partial charge in [0.25, 0.3) is 0 Å². The summed E-state index contributed by atoms with van der Waals surface area (Å²) in [6.45, 7) is 6.08. The Bertz CT molecular complexity index is 595. The number of hydrogen-bond donors (Lipinski definition) is 2. The Hall–Kier alpha value is -2.24. The van der Waals surface area contributed by atoms with Crippen LogP contribution in [0.1, 0.15) is 46.5 Å². The number of rotatable bonds is 3. The van der Waals surface area contributed by atoms with Gasteiger partial charge in [0, 0.05) is 19.0 Å². The van der Waals surface area contributed by atoms with Gasteiger partial charge in [-0.2, -0.15) is 0 Å². The van der Waals surface area contributed by atoms with Crippen molar-refractivity contribution < 1.29 is 19.4 Å². The number of piperidine rings is 1. The predicted octanol–water partition coefficient (Wildman–Crippen LogP) is 3.51. The summed E-state index contributed by atoms with van der Waals surface area (Å²) in [4.78, 5) is 26.3. The molecular formula is C18H26N2O4. The fourth-order valence-corrected chi connectivity index (χ4v) is 2.77. The maximum Gasteiger partial charge on any atom is 0.410 e. The van der Waals surface area contributed by atoms with Gasteiger partial charge in [-0.25, -0.2) is 4.79 Å². The molecule has 0 aromatic heterocycles. The third-order valence-corrected chi connectivity index (χ3v) is 3.85. The molecule has 1 aliphatic rings. The van der Waals surface area contributed by atoms with Crippen LogP contribution in [0, 0.1) is 0 Å². The smallest absolute Gasteiger partial charge is 0.410 e. The lowest BCUT2D eigenvalue weighted by atomic mass is 9.99. The molecule has 1 saturated heterocycles. The highest BCUT2D eigenvalue weighted by atomic mass is 16.6. The lowest BCUT2D eigenvalue weighted by Crippen LogP contribution is -2.47. The molecule has 0 spiro atoms. The Morgan fingerprint density at radius 2 is 2.00 bits per heavy atom. The molecule has 132 valence electrons. The Kier molecular flexibility index (Phi) is 5.70. The normalized spacial score (nSPS) is 18.1. The highest BCUT2D eigenvalue weighted by molar-refractivity contribution is 5.92. The Balaban J connectivity index is 1.99. The van der Waals surface area contributed by atoms with E-state index >= 15 is 0 Å². The predicted molar refractivity (Wildman–Crippen MR) is 91.9 cm³/mol. The number of nitrogens with one attached hydrogen (secondary N) is 1. The van der Waals surface area contributed by atoms with Crippen LogP contribution in [0.4, 0.5) is 10.5 Å². The fraction of sp³-hybridized carbons (Fsp3) is 0.556. The van der Waals surface area contributed by atoms with Crippen molar-refractivity contribution in [1.29, 1.82) is 0 Å². The number of amides is 2. The number of anilines is 1. The van der Waals surface area contributed by atoms with Gasteiger partial charge in [-0.1, -0.05) is 12.1 Å². The number of phenolic OH excluding ortho intramolecular Hbond substituents is 1. The maximum absolute atomic E-state index is 12.4. The van der Waals surface area contributed by atoms with Crippen molar-refractivity contribution in [3.63, 3.8) is 0 Å². The monoisotopic (exact) mass is 334 g/mol. The molecule has 2 rings (SSSR count). The van der Waals surface area contributed by atoms with Crippen molar-refractivity contribution in [2.24, 2.45) is 0 Å². The first-order chi connectivity index (χ1) is 11.3. The third-order valence-electron chi connectivity index (χ3n) is 3.85. The molecule has 6 nitrogen and oxygen atoms in total. The zero-order valence-electron chi connectivity index (χ0n) is 14.5. The molecule has 1 fully saturated rings. The Labute approximate surface area is 142 Å². The number of benzene rings is 1. The minimum absolute atomic E-state index is 0.0264. The molecule has 2 N–H and O–H groups in total. The number of ether oxygens (including phenoxy) is 1. The van der Waals surface area contributed by atoms with E-state index in [-0.39, 0.29) is 30.2 Å². The molecule has 0 radical (unpaired) electrons. The number of phenols is 1. The van der Waals surface area contributed by atoms with Crippen LogP contribution in [0.3, 0.4) is 0 Å². The highest BCUT2D eigenvalue weighted by Gasteiger charge is 2.31. The minimum atomic E-state index is -0.558. The summed E-state index contributed by atoms with van der Waals surface area (Å²) < 4.78 is 5.44. The first-order valence-electron chi connectivity index (χ1n) is 8.34. The summed E-state index contributed by atoms with van der Waals surface area (Å²) >= 11 is 0. The number of likely N-dealkylation sites (tertiary alicyclic amines) is 1. The number of para-hydroxylation sites is 2. The fourth-order valence-electron chi connectivity index (χ4n) is 2.77. The van der Waals surface area contributed by atoms with E-state index in [9.17, 15) is 14.7 Å². The largest absolute Gasteiger partial charge is 0.506 e. The number of nitrogens with zero attached hydrogens (tertiary/aromatic N) is 1. The highest BCUT2D eigenvalue weighted by Crippen LogP contribution is 2.25. The maximum atomic E-state index is 12.4. The topological polar surface area (TPSA) is 78.9 Å². The average Bonchev–Trinajstić information content (AvgIpc) is 2.48. The van der Waals surface area contributed by atoms with E-state index in [0.29, 0.717) is 12.2 Å². The molecule has 0 bridgehead atoms. The molecule has 1 heterocycles. The molecule has 1 aromatic carbocycles. The zero-order valence-corrected chi connectivity index (χ0v) is 14.5. The molecule has 2 amide bonds. The Morgan fingerprint density at radius 1 is 1.29 bits per heavy atom. The second kappa shape index (κ2) is 7.55. The van der Waals surface area contributed by atoms with Gasteiger partial charge >= 0.3 is 6.09 Å². The molecule has 1 unspecified atom stereocenters. The van der Waals surface area contributed by atoms with Crippen molar-refractivity contribution in [2.75, 3.05) is 11.9 Å². The Morgan fingerprint density at radius 3 is 2.67 bits per heavy atom. The van der Waals surface area contributed by atoms with E-state index in [0.717, 1.165) is 19.3 Å². The van der Waals surface area contributed by atoms with Crippen LogP contribution in [0.25, 0.3) is 0 Å². The molecule has 1 aliphatic heterocycles. The SMILES string of the molecule is CC(C)(C)OC(=O)N1CCCCC1CC(=O)Nc1ccccc1O. The van der Waals surface area contributed by atoms with Crippen molar-refractivity contribution in [3.8, 4) is 5.75 Å². The number of carbonyl (C=O) groups is 2. The van der Waals surface area contributed by atoms with Crippen LogP contribution in [0.2, 0.25) is 0 Å². The van der Waals surface area contributed by atoms with Crippen molar-refractivity contribution in [3.05, 3.63) is 24.3 Å². The van der Waals surface area contributed by atoms with E-state index in [1.54, 1.807) is 23.1 Å². The van der Waals surface area contributed by atoms with E-state index in [2.05, 4.69) is 5.32 Å². The van der Waals surface area contributed by atoms with Crippen molar-refractivity contribution in [2.45, 2.75) is 58.1 Å². The van der Waals surface area contributed by atoms with Crippen LogP contribution < -0.4 is 5.32 Å². The lowest BCUT2D eigenvalue weighted by molar-refractivity contribution is -0.117. The van der Waals surface area contributed by atoms with E-state index < -0.39 is 5.60 Å². The van der Waals surface area contributed by atoms with Gasteiger partial charge in [-0.15, -0.1) is 0 Å². The van der Waals surface area contributed by atoms with Crippen LogP contribution in [-0.4, -0.2) is 40.2 Å². The first-order valence-corrected chi connectivity index (χ1v) is 8.34. The van der Waals surface area contributed by atoms with Crippen LogP contribution >= 0.6 is 0 Å².